The van der Waals surface area contributed by atoms with Crippen LogP contribution in [0.5, 0.6) is 0 Å². The van der Waals surface area contributed by atoms with Gasteiger partial charge in [0.15, 0.2) is 0 Å². The fraction of sp³-hybridized carbons (Fsp3) is 0.286. The summed E-state index contributed by atoms with van der Waals surface area (Å²) in [6.45, 7) is 0. The van der Waals surface area contributed by atoms with E-state index in [1.165, 1.54) is 0 Å². The monoisotopic (exact) mass is 287 g/mol. The molecule has 0 radical (unpaired) electrons. The van der Waals surface area contributed by atoms with E-state index < -0.39 is 0 Å². The van der Waals surface area contributed by atoms with Crippen LogP contribution >= 0.6 is 11.6 Å². The molecule has 0 atom stereocenters. The largest absolute Gasteiger partial charge is 0.383 e. The van der Waals surface area contributed by atoms with Crippen molar-refractivity contribution in [3.8, 4) is 11.4 Å². The normalized spacial score (nSPS) is 15.1. The molecule has 20 heavy (non-hydrogen) atoms. The SMILES string of the molecule is Cn1ncc(-c2nc3cccc(Cl)c3n2C2CC2)c1N. The van der Waals surface area contributed by atoms with Crippen LogP contribution in [0.2, 0.25) is 5.02 Å². The highest BCUT2D eigenvalue weighted by molar-refractivity contribution is 6.35. The van der Waals surface area contributed by atoms with E-state index in [-0.39, 0.29) is 0 Å². The Morgan fingerprint density at radius 1 is 1.35 bits per heavy atom. The maximum atomic E-state index is 6.37. The van der Waals surface area contributed by atoms with Crippen molar-refractivity contribution in [1.82, 2.24) is 19.3 Å². The second kappa shape index (κ2) is 3.99. The van der Waals surface area contributed by atoms with Crippen molar-refractivity contribution in [2.24, 2.45) is 7.05 Å². The first kappa shape index (κ1) is 11.8. The number of anilines is 1. The van der Waals surface area contributed by atoms with Crippen molar-refractivity contribution < 1.29 is 0 Å². The number of nitrogens with zero attached hydrogens (tertiary/aromatic N) is 4. The van der Waals surface area contributed by atoms with Crippen LogP contribution in [0.4, 0.5) is 5.82 Å². The lowest BCUT2D eigenvalue weighted by Gasteiger charge is -2.08. The van der Waals surface area contributed by atoms with E-state index in [0.717, 1.165) is 40.3 Å². The van der Waals surface area contributed by atoms with Gasteiger partial charge in [0.05, 0.1) is 27.8 Å². The maximum absolute atomic E-state index is 6.37. The van der Waals surface area contributed by atoms with Crippen LogP contribution in [-0.2, 0) is 7.05 Å². The van der Waals surface area contributed by atoms with Gasteiger partial charge in [0.25, 0.3) is 0 Å². The lowest BCUT2D eigenvalue weighted by molar-refractivity contribution is 0.773. The Balaban J connectivity index is 2.06. The molecule has 3 aromatic rings. The molecule has 1 aliphatic rings. The van der Waals surface area contributed by atoms with E-state index in [4.69, 9.17) is 22.3 Å². The van der Waals surface area contributed by atoms with E-state index in [1.807, 2.05) is 25.2 Å². The molecule has 0 aliphatic heterocycles. The minimum absolute atomic E-state index is 0.467. The summed E-state index contributed by atoms with van der Waals surface area (Å²) in [5.41, 5.74) is 8.87. The van der Waals surface area contributed by atoms with E-state index >= 15 is 0 Å². The van der Waals surface area contributed by atoms with E-state index in [2.05, 4.69) is 9.67 Å². The Hall–Kier alpha value is -2.01. The zero-order chi connectivity index (χ0) is 13.9. The number of aryl methyl sites for hydroxylation is 1. The molecule has 4 rings (SSSR count). The van der Waals surface area contributed by atoms with Crippen LogP contribution < -0.4 is 5.73 Å². The maximum Gasteiger partial charge on any atom is 0.146 e. The van der Waals surface area contributed by atoms with E-state index in [9.17, 15) is 0 Å². The molecule has 0 spiro atoms. The summed E-state index contributed by atoms with van der Waals surface area (Å²) >= 11 is 6.37. The van der Waals surface area contributed by atoms with Crippen molar-refractivity contribution in [1.29, 1.82) is 0 Å². The van der Waals surface area contributed by atoms with Gasteiger partial charge in [-0.3, -0.25) is 4.68 Å². The summed E-state index contributed by atoms with van der Waals surface area (Å²) in [5, 5.41) is 4.94. The van der Waals surface area contributed by atoms with Gasteiger partial charge in [0.1, 0.15) is 11.6 Å². The molecule has 1 fully saturated rings. The number of imidazole rings is 1. The van der Waals surface area contributed by atoms with Gasteiger partial charge in [-0.1, -0.05) is 17.7 Å². The smallest absolute Gasteiger partial charge is 0.146 e. The average molecular weight is 288 g/mol. The molecule has 102 valence electrons. The molecule has 1 aromatic carbocycles. The molecule has 0 saturated heterocycles. The Morgan fingerprint density at radius 3 is 2.80 bits per heavy atom. The minimum atomic E-state index is 0.467. The third-order valence-corrected chi connectivity index (χ3v) is 4.10. The van der Waals surface area contributed by atoms with Gasteiger partial charge >= 0.3 is 0 Å². The number of benzene rings is 1. The number of nitrogen functional groups attached to an aromatic ring is 1. The third-order valence-electron chi connectivity index (χ3n) is 3.80. The van der Waals surface area contributed by atoms with Gasteiger partial charge in [-0.2, -0.15) is 5.10 Å². The van der Waals surface area contributed by atoms with Crippen molar-refractivity contribution in [2.45, 2.75) is 18.9 Å². The number of rotatable bonds is 2. The van der Waals surface area contributed by atoms with Crippen LogP contribution in [-0.4, -0.2) is 19.3 Å². The average Bonchev–Trinajstić information content (AvgIpc) is 3.12. The number of aromatic nitrogens is 4. The second-order valence-corrected chi connectivity index (χ2v) is 5.62. The Kier molecular flexibility index (Phi) is 2.35. The highest BCUT2D eigenvalue weighted by atomic mass is 35.5. The molecule has 5 nitrogen and oxygen atoms in total. The van der Waals surface area contributed by atoms with Gasteiger partial charge in [-0.15, -0.1) is 0 Å². The van der Waals surface area contributed by atoms with Crippen molar-refractivity contribution in [3.63, 3.8) is 0 Å². The van der Waals surface area contributed by atoms with Gasteiger partial charge < -0.3 is 10.3 Å². The Bertz CT molecular complexity index is 812. The number of para-hydroxylation sites is 1. The molecule has 2 N–H and O–H groups in total. The number of hydrogen-bond donors (Lipinski definition) is 1. The van der Waals surface area contributed by atoms with Crippen LogP contribution in [0.3, 0.4) is 0 Å². The fourth-order valence-corrected chi connectivity index (χ4v) is 2.86. The van der Waals surface area contributed by atoms with E-state index in [1.54, 1.807) is 10.9 Å². The molecule has 0 amide bonds. The summed E-state index contributed by atoms with van der Waals surface area (Å²) in [7, 11) is 1.83. The molecule has 1 saturated carbocycles. The number of nitrogens with two attached hydrogens (primary N) is 1. The summed E-state index contributed by atoms with van der Waals surface area (Å²) in [4.78, 5) is 4.72. The first-order valence-corrected chi connectivity index (χ1v) is 6.99. The van der Waals surface area contributed by atoms with Crippen molar-refractivity contribution >= 4 is 28.5 Å². The number of halogens is 1. The first-order chi connectivity index (χ1) is 9.66. The molecular formula is C14H14ClN5. The lowest BCUT2D eigenvalue weighted by atomic mass is 10.3. The van der Waals surface area contributed by atoms with Crippen LogP contribution in [0.25, 0.3) is 22.4 Å². The molecule has 6 heteroatoms. The fourth-order valence-electron chi connectivity index (χ4n) is 2.60. The quantitative estimate of drug-likeness (QED) is 0.788. The standard InChI is InChI=1S/C14H14ClN5/c1-19-13(16)9(7-17-19)14-18-11-4-2-3-10(15)12(11)20(14)8-5-6-8/h2-4,7-8H,5-6,16H2,1H3. The molecule has 0 bridgehead atoms. The van der Waals surface area contributed by atoms with Gasteiger partial charge in [0.2, 0.25) is 0 Å². The predicted octanol–water partition coefficient (Wildman–Crippen LogP) is 3.01. The van der Waals surface area contributed by atoms with Gasteiger partial charge in [0, 0.05) is 13.1 Å². The predicted molar refractivity (Wildman–Crippen MR) is 79.6 cm³/mol. The Labute approximate surface area is 121 Å². The van der Waals surface area contributed by atoms with Crippen molar-refractivity contribution in [3.05, 3.63) is 29.4 Å². The van der Waals surface area contributed by atoms with Crippen molar-refractivity contribution in [2.75, 3.05) is 5.73 Å². The van der Waals surface area contributed by atoms with E-state index in [0.29, 0.717) is 11.9 Å². The minimum Gasteiger partial charge on any atom is -0.383 e. The molecule has 0 unspecified atom stereocenters. The second-order valence-electron chi connectivity index (χ2n) is 5.21. The number of fused-ring (bicyclic) bond motifs is 1. The van der Waals surface area contributed by atoms with Crippen LogP contribution in [0.1, 0.15) is 18.9 Å². The highest BCUT2D eigenvalue weighted by Crippen LogP contribution is 2.43. The highest BCUT2D eigenvalue weighted by Gasteiger charge is 2.30. The molecule has 1 aliphatic carbocycles. The van der Waals surface area contributed by atoms with Crippen LogP contribution in [0.15, 0.2) is 24.4 Å². The zero-order valence-corrected chi connectivity index (χ0v) is 11.8. The lowest BCUT2D eigenvalue weighted by Crippen LogP contribution is -2.01. The number of hydrogen-bond acceptors (Lipinski definition) is 3. The summed E-state index contributed by atoms with van der Waals surface area (Å²) in [6, 6.07) is 6.27. The Morgan fingerprint density at radius 2 is 2.15 bits per heavy atom. The summed E-state index contributed by atoms with van der Waals surface area (Å²) in [5.74, 6) is 1.49. The van der Waals surface area contributed by atoms with Gasteiger partial charge in [-0.25, -0.2) is 4.98 Å². The van der Waals surface area contributed by atoms with Gasteiger partial charge in [-0.05, 0) is 25.0 Å². The molecular weight excluding hydrogens is 274 g/mol. The first-order valence-electron chi connectivity index (χ1n) is 6.61. The summed E-state index contributed by atoms with van der Waals surface area (Å²) in [6.07, 6.45) is 4.08. The topological polar surface area (TPSA) is 61.7 Å². The third kappa shape index (κ3) is 1.56. The molecule has 2 aromatic heterocycles. The summed E-state index contributed by atoms with van der Waals surface area (Å²) < 4.78 is 3.87. The van der Waals surface area contributed by atoms with Crippen LogP contribution in [0, 0.1) is 0 Å². The molecule has 2 heterocycles. The zero-order valence-electron chi connectivity index (χ0n) is 11.0.